The van der Waals surface area contributed by atoms with Crippen LogP contribution in [0.4, 0.5) is 0 Å². The zero-order valence-corrected chi connectivity index (χ0v) is 20.7. The minimum Gasteiger partial charge on any atom is -0.756 e. The maximum Gasteiger partial charge on any atom is 0.268 e. The summed E-state index contributed by atoms with van der Waals surface area (Å²) < 4.78 is 21.6. The van der Waals surface area contributed by atoms with Gasteiger partial charge in [0, 0.05) is 6.42 Å². The highest BCUT2D eigenvalue weighted by Gasteiger charge is 2.32. The summed E-state index contributed by atoms with van der Waals surface area (Å²) in [6, 6.07) is -0.473. The molecule has 1 unspecified atom stereocenters. The van der Waals surface area contributed by atoms with Crippen molar-refractivity contribution in [2.24, 2.45) is 0 Å². The molecule has 1 heterocycles. The van der Waals surface area contributed by atoms with E-state index in [9.17, 15) is 14.3 Å². The van der Waals surface area contributed by atoms with Gasteiger partial charge in [-0.2, -0.15) is 0 Å². The Balaban J connectivity index is 2.21. The molecular formula is C24H45NO5P-. The van der Waals surface area contributed by atoms with Crippen LogP contribution in [-0.4, -0.2) is 24.7 Å². The molecule has 1 amide bonds. The van der Waals surface area contributed by atoms with Gasteiger partial charge in [0.2, 0.25) is 5.91 Å². The zero-order valence-electron chi connectivity index (χ0n) is 19.8. The quantitative estimate of drug-likeness (QED) is 0.150. The Bertz CT molecular complexity index is 540. The summed E-state index contributed by atoms with van der Waals surface area (Å²) in [5.74, 6) is -0.0861. The van der Waals surface area contributed by atoms with Crippen molar-refractivity contribution < 1.29 is 23.3 Å². The van der Waals surface area contributed by atoms with Crippen molar-refractivity contribution >= 4 is 13.7 Å². The Kier molecular flexibility index (Phi) is 16.3. The first-order valence-corrected chi connectivity index (χ1v) is 14.0. The van der Waals surface area contributed by atoms with E-state index in [1.54, 1.807) is 6.08 Å². The normalized spacial score (nSPS) is 24.0. The van der Waals surface area contributed by atoms with Crippen LogP contribution in [0.2, 0.25) is 0 Å². The number of rotatable bonds is 18. The lowest BCUT2D eigenvalue weighted by Gasteiger charge is -2.37. The average Bonchev–Trinajstić information content (AvgIpc) is 2.73. The summed E-state index contributed by atoms with van der Waals surface area (Å²) >= 11 is 0. The van der Waals surface area contributed by atoms with E-state index in [4.69, 9.17) is 9.05 Å². The maximum absolute atomic E-state index is 12.1. The van der Waals surface area contributed by atoms with Crippen LogP contribution in [0.3, 0.4) is 0 Å². The molecular weight excluding hydrogens is 413 g/mol. The van der Waals surface area contributed by atoms with Crippen LogP contribution in [0.25, 0.3) is 0 Å². The van der Waals surface area contributed by atoms with Gasteiger partial charge < -0.3 is 19.3 Å². The zero-order chi connectivity index (χ0) is 22.8. The Hall–Kier alpha value is -0.680. The molecule has 0 spiro atoms. The highest BCUT2D eigenvalue weighted by atomic mass is 31.2. The molecule has 7 heteroatoms. The van der Waals surface area contributed by atoms with Crippen LogP contribution >= 0.6 is 7.82 Å². The van der Waals surface area contributed by atoms with E-state index in [1.165, 1.54) is 64.2 Å². The van der Waals surface area contributed by atoms with Crippen molar-refractivity contribution in [1.29, 1.82) is 0 Å². The largest absolute Gasteiger partial charge is 0.756 e. The topological polar surface area (TPSA) is 87.7 Å². The van der Waals surface area contributed by atoms with Gasteiger partial charge in [-0.05, 0) is 19.3 Å². The van der Waals surface area contributed by atoms with Gasteiger partial charge >= 0.3 is 0 Å². The van der Waals surface area contributed by atoms with E-state index >= 15 is 0 Å². The first-order valence-electron chi connectivity index (χ1n) is 12.6. The summed E-state index contributed by atoms with van der Waals surface area (Å²) in [7, 11) is -4.29. The Labute approximate surface area is 190 Å². The van der Waals surface area contributed by atoms with E-state index in [0.717, 1.165) is 32.1 Å². The molecule has 0 saturated carbocycles. The Morgan fingerprint density at radius 1 is 0.935 bits per heavy atom. The first-order chi connectivity index (χ1) is 15.0. The highest BCUT2D eigenvalue weighted by molar-refractivity contribution is 7.45. The number of carbonyl (C=O) groups excluding carboxylic acids is 1. The van der Waals surface area contributed by atoms with Crippen LogP contribution < -0.4 is 10.2 Å². The lowest BCUT2D eigenvalue weighted by Crippen LogP contribution is -2.49. The van der Waals surface area contributed by atoms with Crippen molar-refractivity contribution in [1.82, 2.24) is 5.32 Å². The number of unbranched alkanes of at least 4 members (excludes halogenated alkanes) is 13. The number of phosphoric acid groups is 1. The summed E-state index contributed by atoms with van der Waals surface area (Å²) in [6.07, 6.45) is 21.5. The Morgan fingerprint density at radius 3 is 2.10 bits per heavy atom. The minimum absolute atomic E-state index is 0.0756. The fraction of sp³-hybridized carbons (Fsp3) is 0.875. The number of amides is 1. The van der Waals surface area contributed by atoms with Crippen LogP contribution in [0.15, 0.2) is 12.2 Å². The van der Waals surface area contributed by atoms with Gasteiger partial charge in [-0.15, -0.1) is 0 Å². The molecule has 182 valence electrons. The Morgan fingerprint density at radius 2 is 1.48 bits per heavy atom. The predicted octanol–water partition coefficient (Wildman–Crippen LogP) is 6.19. The van der Waals surface area contributed by atoms with Crippen LogP contribution in [0, 0.1) is 0 Å². The summed E-state index contributed by atoms with van der Waals surface area (Å²) in [6.45, 7) is 4.26. The van der Waals surface area contributed by atoms with Crippen LogP contribution in [0.5, 0.6) is 0 Å². The van der Waals surface area contributed by atoms with Gasteiger partial charge in [-0.1, -0.05) is 103 Å². The smallest absolute Gasteiger partial charge is 0.268 e. The number of hydrogen-bond donors (Lipinski definition) is 1. The number of allylic oxidation sites excluding steroid dienone is 1. The molecule has 1 rings (SSSR count). The summed E-state index contributed by atoms with van der Waals surface area (Å²) in [5.41, 5.74) is 0. The molecule has 0 bridgehead atoms. The van der Waals surface area contributed by atoms with Gasteiger partial charge in [0.15, 0.2) is 0 Å². The fourth-order valence-corrected chi connectivity index (χ4v) is 4.70. The van der Waals surface area contributed by atoms with E-state index in [1.807, 2.05) is 6.08 Å². The van der Waals surface area contributed by atoms with Crippen LogP contribution in [0.1, 0.15) is 117 Å². The molecule has 6 nitrogen and oxygen atoms in total. The molecule has 0 aromatic heterocycles. The maximum atomic E-state index is 12.1. The van der Waals surface area contributed by atoms with Gasteiger partial charge in [0.25, 0.3) is 7.82 Å². The molecule has 31 heavy (non-hydrogen) atoms. The monoisotopic (exact) mass is 458 g/mol. The molecule has 0 aromatic rings. The summed E-state index contributed by atoms with van der Waals surface area (Å²) in [5, 5.41) is 2.86. The van der Waals surface area contributed by atoms with E-state index < -0.39 is 20.0 Å². The lowest BCUT2D eigenvalue weighted by molar-refractivity contribution is -0.237. The number of carbonyl (C=O) groups is 1. The molecule has 1 aliphatic heterocycles. The number of nitrogens with one attached hydrogen (secondary N) is 1. The van der Waals surface area contributed by atoms with Crippen molar-refractivity contribution in [2.45, 2.75) is 129 Å². The number of hydrogen-bond acceptors (Lipinski definition) is 5. The minimum atomic E-state index is -4.29. The van der Waals surface area contributed by atoms with E-state index in [-0.39, 0.29) is 12.5 Å². The molecule has 1 saturated heterocycles. The van der Waals surface area contributed by atoms with E-state index in [2.05, 4.69) is 19.2 Å². The highest BCUT2D eigenvalue weighted by Crippen LogP contribution is 2.44. The predicted molar refractivity (Wildman–Crippen MR) is 125 cm³/mol. The average molecular weight is 459 g/mol. The molecule has 0 aliphatic carbocycles. The van der Waals surface area contributed by atoms with Crippen molar-refractivity contribution in [2.75, 3.05) is 6.61 Å². The molecule has 1 fully saturated rings. The SMILES string of the molecule is CCCCCCCCCCCCC/C=C/[C@H]1OP(=O)([O-])OC[C@@H]1NC(=O)CCCCC. The van der Waals surface area contributed by atoms with Crippen molar-refractivity contribution in [3.05, 3.63) is 12.2 Å². The molecule has 0 radical (unpaired) electrons. The lowest BCUT2D eigenvalue weighted by atomic mass is 10.0. The van der Waals surface area contributed by atoms with Crippen molar-refractivity contribution in [3.63, 3.8) is 0 Å². The van der Waals surface area contributed by atoms with E-state index in [0.29, 0.717) is 6.42 Å². The molecule has 0 aromatic carbocycles. The van der Waals surface area contributed by atoms with Gasteiger partial charge in [-0.25, -0.2) is 0 Å². The van der Waals surface area contributed by atoms with Gasteiger partial charge in [0.1, 0.15) is 6.10 Å². The van der Waals surface area contributed by atoms with Crippen molar-refractivity contribution in [3.8, 4) is 0 Å². The third-order valence-electron chi connectivity index (χ3n) is 5.71. The number of phosphoric ester groups is 1. The third kappa shape index (κ3) is 14.9. The molecule has 1 N–H and O–H groups in total. The second kappa shape index (κ2) is 17.8. The second-order valence-corrected chi connectivity index (χ2v) is 10.1. The van der Waals surface area contributed by atoms with Crippen LogP contribution in [-0.2, 0) is 18.4 Å². The second-order valence-electron chi connectivity index (χ2n) is 8.70. The molecule has 1 aliphatic rings. The molecule has 3 atom stereocenters. The van der Waals surface area contributed by atoms with Gasteiger partial charge in [-0.3, -0.25) is 9.36 Å². The first kappa shape index (κ1) is 28.4. The van der Waals surface area contributed by atoms with Gasteiger partial charge in [0.05, 0.1) is 12.6 Å². The standard InChI is InChI=1S/C24H46NO5P/c1-3-5-7-8-9-10-11-12-13-14-15-16-18-19-23-22(21-29-31(27,28)30-23)25-24(26)20-17-6-4-2/h18-19,22-23H,3-17,20-21H2,1-2H3,(H,25,26)(H,27,28)/p-1/b19-18+/t22-,23+/m0/s1. The summed E-state index contributed by atoms with van der Waals surface area (Å²) in [4.78, 5) is 23.8. The third-order valence-corrected chi connectivity index (χ3v) is 6.68. The fourth-order valence-electron chi connectivity index (χ4n) is 3.78.